The molecule has 0 spiro atoms. The van der Waals surface area contributed by atoms with Crippen molar-refractivity contribution in [2.45, 2.75) is 138 Å². The Hall–Kier alpha value is -0.830. The predicted octanol–water partition coefficient (Wildman–Crippen LogP) is 10.2. The number of hydrogen-bond acceptors (Lipinski definition) is 3. The third-order valence-electron chi connectivity index (χ3n) is 13.6. The van der Waals surface area contributed by atoms with Crippen molar-refractivity contribution < 1.29 is 9.53 Å². The van der Waals surface area contributed by atoms with Gasteiger partial charge in [0.2, 0.25) is 0 Å². The number of ether oxygens (including phenoxy) is 1. The highest BCUT2D eigenvalue weighted by atomic mass is 16.5. The fourth-order valence-electron chi connectivity index (χ4n) is 11.4. The molecule has 4 saturated carbocycles. The van der Waals surface area contributed by atoms with Crippen LogP contribution in [0.2, 0.25) is 0 Å². The normalized spacial score (nSPS) is 37.6. The van der Waals surface area contributed by atoms with E-state index in [4.69, 9.17) is 4.74 Å². The predicted molar refractivity (Wildman–Crippen MR) is 178 cm³/mol. The quantitative estimate of drug-likeness (QED) is 0.150. The first-order chi connectivity index (χ1) is 19.8. The highest BCUT2D eigenvalue weighted by molar-refractivity contribution is 5.86. The van der Waals surface area contributed by atoms with Crippen molar-refractivity contribution in [2.24, 2.45) is 64.1 Å². The van der Waals surface area contributed by atoms with Crippen LogP contribution in [-0.2, 0) is 9.53 Å². The van der Waals surface area contributed by atoms with Crippen molar-refractivity contribution in [3.8, 4) is 0 Å². The Kier molecular flexibility index (Phi) is 11.8. The molecule has 3 heteroatoms. The number of fused-ring (bicyclic) bond motifs is 5. The standard InChI is InChI=1S/C39H69NO2/c1-27(2)12-10-13-29(5)34-18-19-35-33-17-16-32-24-30(20-22-38(32,6)36(33)21-23-39(34,35)7)14-11-15-31(25-40(8)9)26-42-37(41)28(3)4/h27,29-36H,3,10-26H2,1-2,4-9H3/t29-,30+,31?,32?,33+,34-,35?,36?,38+,39-/m1/s1. The lowest BCUT2D eigenvalue weighted by atomic mass is 9.44. The Labute approximate surface area is 261 Å². The van der Waals surface area contributed by atoms with Crippen molar-refractivity contribution in [1.82, 2.24) is 4.90 Å². The van der Waals surface area contributed by atoms with E-state index in [-0.39, 0.29) is 5.97 Å². The van der Waals surface area contributed by atoms with Crippen LogP contribution in [0.25, 0.3) is 0 Å². The number of esters is 1. The fraction of sp³-hybridized carbons (Fsp3) is 0.923. The Morgan fingerprint density at radius 2 is 1.62 bits per heavy atom. The lowest BCUT2D eigenvalue weighted by Gasteiger charge is -2.61. The zero-order valence-corrected chi connectivity index (χ0v) is 29.2. The van der Waals surface area contributed by atoms with Crippen molar-refractivity contribution in [1.29, 1.82) is 0 Å². The molecule has 0 aromatic carbocycles. The van der Waals surface area contributed by atoms with E-state index in [0.717, 1.165) is 60.3 Å². The van der Waals surface area contributed by atoms with Crippen LogP contribution in [0.15, 0.2) is 12.2 Å². The summed E-state index contributed by atoms with van der Waals surface area (Å²) in [5.41, 5.74) is 1.70. The molecule has 4 rings (SSSR count). The largest absolute Gasteiger partial charge is 0.462 e. The van der Waals surface area contributed by atoms with Gasteiger partial charge in [0.05, 0.1) is 6.61 Å². The van der Waals surface area contributed by atoms with Crippen LogP contribution in [0.3, 0.4) is 0 Å². The number of nitrogens with zero attached hydrogens (tertiary/aromatic N) is 1. The van der Waals surface area contributed by atoms with Crippen molar-refractivity contribution >= 4 is 5.97 Å². The van der Waals surface area contributed by atoms with Crippen LogP contribution in [0.4, 0.5) is 0 Å². The third kappa shape index (κ3) is 7.69. The molecule has 242 valence electrons. The molecule has 0 heterocycles. The summed E-state index contributed by atoms with van der Waals surface area (Å²) in [5, 5.41) is 0. The van der Waals surface area contributed by atoms with Crippen LogP contribution >= 0.6 is 0 Å². The second-order valence-corrected chi connectivity index (χ2v) is 17.3. The van der Waals surface area contributed by atoms with Gasteiger partial charge in [0.1, 0.15) is 0 Å². The van der Waals surface area contributed by atoms with Gasteiger partial charge in [-0.2, -0.15) is 0 Å². The summed E-state index contributed by atoms with van der Waals surface area (Å²) in [6.45, 7) is 19.9. The first-order valence-electron chi connectivity index (χ1n) is 18.3. The average Bonchev–Trinajstić information content (AvgIpc) is 3.28. The molecule has 0 aromatic heterocycles. The first-order valence-corrected chi connectivity index (χ1v) is 18.3. The number of rotatable bonds is 14. The summed E-state index contributed by atoms with van der Waals surface area (Å²) in [7, 11) is 4.25. The molecule has 0 radical (unpaired) electrons. The van der Waals surface area contributed by atoms with Gasteiger partial charge in [-0.15, -0.1) is 0 Å². The second kappa shape index (κ2) is 14.5. The van der Waals surface area contributed by atoms with Gasteiger partial charge in [0.25, 0.3) is 0 Å². The first kappa shape index (κ1) is 34.1. The molecule has 3 nitrogen and oxygen atoms in total. The van der Waals surface area contributed by atoms with Crippen LogP contribution in [-0.4, -0.2) is 38.1 Å². The van der Waals surface area contributed by atoms with Crippen molar-refractivity contribution in [3.05, 3.63) is 12.2 Å². The summed E-state index contributed by atoms with van der Waals surface area (Å²) in [4.78, 5) is 14.2. The summed E-state index contributed by atoms with van der Waals surface area (Å²) >= 11 is 0. The summed E-state index contributed by atoms with van der Waals surface area (Å²) < 4.78 is 5.56. The number of carbonyl (C=O) groups is 1. The van der Waals surface area contributed by atoms with Gasteiger partial charge in [-0.3, -0.25) is 0 Å². The molecule has 4 unspecified atom stereocenters. The minimum Gasteiger partial charge on any atom is -0.462 e. The van der Waals surface area contributed by atoms with E-state index in [1.54, 1.807) is 6.92 Å². The van der Waals surface area contributed by atoms with Gasteiger partial charge in [0.15, 0.2) is 0 Å². The van der Waals surface area contributed by atoms with E-state index in [1.807, 2.05) is 0 Å². The van der Waals surface area contributed by atoms with E-state index in [2.05, 4.69) is 60.2 Å². The zero-order chi connectivity index (χ0) is 30.7. The van der Waals surface area contributed by atoms with Gasteiger partial charge < -0.3 is 9.64 Å². The Balaban J connectivity index is 1.29. The van der Waals surface area contributed by atoms with Crippen LogP contribution in [0.1, 0.15) is 138 Å². The number of hydrogen-bond donors (Lipinski definition) is 0. The fourth-order valence-corrected chi connectivity index (χ4v) is 11.4. The highest BCUT2D eigenvalue weighted by Gasteiger charge is 2.60. The van der Waals surface area contributed by atoms with Crippen LogP contribution < -0.4 is 0 Å². The van der Waals surface area contributed by atoms with Crippen LogP contribution in [0, 0.1) is 64.1 Å². The lowest BCUT2D eigenvalue weighted by Crippen LogP contribution is -2.53. The molecule has 0 saturated heterocycles. The molecule has 4 aliphatic rings. The summed E-state index contributed by atoms with van der Waals surface area (Å²) in [6.07, 6.45) is 21.5. The monoisotopic (exact) mass is 584 g/mol. The van der Waals surface area contributed by atoms with Gasteiger partial charge in [-0.05, 0) is 143 Å². The maximum absolute atomic E-state index is 12.0. The summed E-state index contributed by atoms with van der Waals surface area (Å²) in [5.74, 6) is 7.73. The van der Waals surface area contributed by atoms with E-state index >= 15 is 0 Å². The molecule has 4 aliphatic carbocycles. The molecular weight excluding hydrogens is 514 g/mol. The minimum atomic E-state index is -0.242. The van der Waals surface area contributed by atoms with Gasteiger partial charge >= 0.3 is 5.97 Å². The third-order valence-corrected chi connectivity index (χ3v) is 13.6. The molecule has 0 aromatic rings. The van der Waals surface area contributed by atoms with E-state index in [0.29, 0.717) is 28.9 Å². The molecule has 42 heavy (non-hydrogen) atoms. The van der Waals surface area contributed by atoms with Crippen molar-refractivity contribution in [3.63, 3.8) is 0 Å². The molecular formula is C39H69NO2. The smallest absolute Gasteiger partial charge is 0.333 e. The minimum absolute atomic E-state index is 0.242. The van der Waals surface area contributed by atoms with E-state index < -0.39 is 0 Å². The van der Waals surface area contributed by atoms with Gasteiger partial charge in [-0.1, -0.05) is 73.3 Å². The molecule has 10 atom stereocenters. The molecule has 4 fully saturated rings. The van der Waals surface area contributed by atoms with Crippen molar-refractivity contribution in [2.75, 3.05) is 27.2 Å². The maximum atomic E-state index is 12.0. The van der Waals surface area contributed by atoms with E-state index in [9.17, 15) is 4.79 Å². The molecule has 0 N–H and O–H groups in total. The maximum Gasteiger partial charge on any atom is 0.333 e. The SMILES string of the molecule is C=C(C)C(=O)OCC(CCC[C@H]1CC[C@@]2(C)C(CC[C@@H]3C2CC[C@@]2(C)C3CC[C@@H]2[C@H](C)CCCC(C)C)C1)CN(C)C. The zero-order valence-electron chi connectivity index (χ0n) is 29.2. The Bertz CT molecular complexity index is 895. The lowest BCUT2D eigenvalue weighted by molar-refractivity contribution is -0.140. The second-order valence-electron chi connectivity index (χ2n) is 17.3. The number of carbonyl (C=O) groups excluding carboxylic acids is 1. The Morgan fingerprint density at radius 1 is 0.905 bits per heavy atom. The van der Waals surface area contributed by atoms with Crippen LogP contribution in [0.5, 0.6) is 0 Å². The molecule has 0 aliphatic heterocycles. The Morgan fingerprint density at radius 3 is 2.31 bits per heavy atom. The topological polar surface area (TPSA) is 29.5 Å². The molecule has 0 amide bonds. The summed E-state index contributed by atoms with van der Waals surface area (Å²) in [6, 6.07) is 0. The average molecular weight is 584 g/mol. The van der Waals surface area contributed by atoms with Gasteiger partial charge in [0, 0.05) is 18.0 Å². The molecule has 0 bridgehead atoms. The highest BCUT2D eigenvalue weighted by Crippen LogP contribution is 2.68. The van der Waals surface area contributed by atoms with Gasteiger partial charge in [-0.25, -0.2) is 4.79 Å². The van der Waals surface area contributed by atoms with E-state index in [1.165, 1.54) is 89.9 Å².